The third-order valence-electron chi connectivity index (χ3n) is 2.02. The zero-order valence-electron chi connectivity index (χ0n) is 9.70. The van der Waals surface area contributed by atoms with Gasteiger partial charge in [-0.25, -0.2) is 4.99 Å². The van der Waals surface area contributed by atoms with Crippen molar-refractivity contribution in [3.63, 3.8) is 0 Å². The molecule has 18 heavy (non-hydrogen) atoms. The Balaban J connectivity index is 3.04. The number of nitrogens with two attached hydrogens (primary N) is 2. The van der Waals surface area contributed by atoms with Gasteiger partial charge in [-0.05, 0) is 6.07 Å². The molecule has 0 bridgehead atoms. The SMILES string of the molecule is C=CCOCc1ccc([N+](=O)[O-])cc1N=C(N)N. The molecule has 0 unspecified atom stereocenters. The van der Waals surface area contributed by atoms with Gasteiger partial charge in [0.1, 0.15) is 0 Å². The number of benzene rings is 1. The molecule has 0 radical (unpaired) electrons. The average molecular weight is 250 g/mol. The molecule has 4 N–H and O–H groups in total. The first-order valence-corrected chi connectivity index (χ1v) is 5.10. The van der Waals surface area contributed by atoms with E-state index in [1.165, 1.54) is 12.1 Å². The normalized spacial score (nSPS) is 9.78. The molecule has 7 heteroatoms. The fourth-order valence-corrected chi connectivity index (χ4v) is 1.28. The molecule has 0 aliphatic carbocycles. The summed E-state index contributed by atoms with van der Waals surface area (Å²) in [4.78, 5) is 14.0. The van der Waals surface area contributed by atoms with Crippen molar-refractivity contribution < 1.29 is 9.66 Å². The van der Waals surface area contributed by atoms with E-state index in [-0.39, 0.29) is 18.3 Å². The number of ether oxygens (including phenoxy) is 1. The molecule has 0 saturated heterocycles. The Kier molecular flexibility index (Phi) is 4.82. The molecule has 0 amide bonds. The molecular formula is C11H14N4O3. The predicted molar refractivity (Wildman–Crippen MR) is 68.4 cm³/mol. The summed E-state index contributed by atoms with van der Waals surface area (Å²) in [6.45, 7) is 4.14. The predicted octanol–water partition coefficient (Wildman–Crippen LogP) is 1.20. The highest BCUT2D eigenvalue weighted by Crippen LogP contribution is 2.25. The van der Waals surface area contributed by atoms with E-state index in [0.29, 0.717) is 17.9 Å². The molecule has 0 aromatic heterocycles. The van der Waals surface area contributed by atoms with Crippen molar-refractivity contribution in [3.05, 3.63) is 46.5 Å². The van der Waals surface area contributed by atoms with Gasteiger partial charge in [-0.1, -0.05) is 6.08 Å². The molecule has 1 aromatic rings. The highest BCUT2D eigenvalue weighted by Gasteiger charge is 2.10. The molecule has 7 nitrogen and oxygen atoms in total. The van der Waals surface area contributed by atoms with E-state index >= 15 is 0 Å². The third kappa shape index (κ3) is 3.87. The Morgan fingerprint density at radius 1 is 1.56 bits per heavy atom. The maximum absolute atomic E-state index is 10.7. The largest absolute Gasteiger partial charge is 0.373 e. The summed E-state index contributed by atoms with van der Waals surface area (Å²) in [5, 5.41) is 10.7. The number of nitro benzene ring substituents is 1. The van der Waals surface area contributed by atoms with Gasteiger partial charge in [0.2, 0.25) is 0 Å². The molecule has 0 aliphatic heterocycles. The van der Waals surface area contributed by atoms with Crippen LogP contribution >= 0.6 is 0 Å². The van der Waals surface area contributed by atoms with Crippen LogP contribution in [0.5, 0.6) is 0 Å². The number of aliphatic imine (C=N–C) groups is 1. The third-order valence-corrected chi connectivity index (χ3v) is 2.02. The van der Waals surface area contributed by atoms with E-state index in [2.05, 4.69) is 11.6 Å². The van der Waals surface area contributed by atoms with Crippen molar-refractivity contribution in [1.82, 2.24) is 0 Å². The van der Waals surface area contributed by atoms with Gasteiger partial charge < -0.3 is 16.2 Å². The summed E-state index contributed by atoms with van der Waals surface area (Å²) in [6, 6.07) is 4.23. The molecule has 1 rings (SSSR count). The maximum Gasteiger partial charge on any atom is 0.271 e. The van der Waals surface area contributed by atoms with Crippen LogP contribution in [0.25, 0.3) is 0 Å². The minimum Gasteiger partial charge on any atom is -0.373 e. The fourth-order valence-electron chi connectivity index (χ4n) is 1.28. The van der Waals surface area contributed by atoms with Gasteiger partial charge in [-0.2, -0.15) is 0 Å². The van der Waals surface area contributed by atoms with Crippen LogP contribution in [0.4, 0.5) is 11.4 Å². The summed E-state index contributed by atoms with van der Waals surface area (Å²) in [5.41, 5.74) is 11.5. The lowest BCUT2D eigenvalue weighted by atomic mass is 10.1. The molecule has 0 aliphatic rings. The first-order valence-electron chi connectivity index (χ1n) is 5.10. The molecule has 1 aromatic carbocycles. The minimum absolute atomic E-state index is 0.0810. The van der Waals surface area contributed by atoms with Crippen molar-refractivity contribution in [2.75, 3.05) is 6.61 Å². The van der Waals surface area contributed by atoms with Crippen molar-refractivity contribution in [3.8, 4) is 0 Å². The van der Waals surface area contributed by atoms with E-state index in [9.17, 15) is 10.1 Å². The van der Waals surface area contributed by atoms with Gasteiger partial charge in [0, 0.05) is 17.7 Å². The Bertz CT molecular complexity index is 481. The van der Waals surface area contributed by atoms with Crippen LogP contribution < -0.4 is 11.5 Å². The lowest BCUT2D eigenvalue weighted by Gasteiger charge is -2.06. The number of hydrogen-bond acceptors (Lipinski definition) is 4. The van der Waals surface area contributed by atoms with Crippen LogP contribution in [-0.4, -0.2) is 17.5 Å². The smallest absolute Gasteiger partial charge is 0.271 e. The molecule has 0 atom stereocenters. The first kappa shape index (κ1) is 13.7. The van der Waals surface area contributed by atoms with Crippen LogP contribution in [0, 0.1) is 10.1 Å². The van der Waals surface area contributed by atoms with Gasteiger partial charge in [0.05, 0.1) is 23.8 Å². The Labute approximate surface area is 104 Å². The maximum atomic E-state index is 10.7. The average Bonchev–Trinajstić information content (AvgIpc) is 2.30. The lowest BCUT2D eigenvalue weighted by Crippen LogP contribution is -2.22. The monoisotopic (exact) mass is 250 g/mol. The number of guanidine groups is 1. The van der Waals surface area contributed by atoms with Gasteiger partial charge >= 0.3 is 0 Å². The lowest BCUT2D eigenvalue weighted by molar-refractivity contribution is -0.384. The second-order valence-corrected chi connectivity index (χ2v) is 3.41. The zero-order chi connectivity index (χ0) is 13.5. The summed E-state index contributed by atoms with van der Waals surface area (Å²) in [6.07, 6.45) is 1.60. The standard InChI is InChI=1S/C11H14N4O3/c1-2-5-18-7-8-3-4-9(15(16)17)6-10(8)14-11(12)13/h2-4,6H,1,5,7H2,(H4,12,13,14). The number of rotatable bonds is 6. The van der Waals surface area contributed by atoms with Crippen molar-refractivity contribution >= 4 is 17.3 Å². The Morgan fingerprint density at radius 3 is 2.83 bits per heavy atom. The van der Waals surface area contributed by atoms with E-state index in [0.717, 1.165) is 0 Å². The number of non-ortho nitro benzene ring substituents is 1. The van der Waals surface area contributed by atoms with Gasteiger partial charge in [0.25, 0.3) is 5.69 Å². The number of nitrogens with zero attached hydrogens (tertiary/aromatic N) is 2. The number of nitro groups is 1. The van der Waals surface area contributed by atoms with Crippen molar-refractivity contribution in [2.45, 2.75) is 6.61 Å². The molecule has 0 fully saturated rings. The summed E-state index contributed by atoms with van der Waals surface area (Å²) >= 11 is 0. The number of hydrogen-bond donors (Lipinski definition) is 2. The van der Waals surface area contributed by atoms with Crippen molar-refractivity contribution in [1.29, 1.82) is 0 Å². The fraction of sp³-hybridized carbons (Fsp3) is 0.182. The molecule has 0 saturated carbocycles. The van der Waals surface area contributed by atoms with Gasteiger partial charge in [-0.15, -0.1) is 6.58 Å². The van der Waals surface area contributed by atoms with Gasteiger partial charge in [0.15, 0.2) is 5.96 Å². The van der Waals surface area contributed by atoms with E-state index < -0.39 is 4.92 Å². The topological polar surface area (TPSA) is 117 Å². The molecular weight excluding hydrogens is 236 g/mol. The van der Waals surface area contributed by atoms with Crippen LogP contribution in [0.15, 0.2) is 35.8 Å². The minimum atomic E-state index is -0.514. The second-order valence-electron chi connectivity index (χ2n) is 3.41. The Hall–Kier alpha value is -2.41. The quantitative estimate of drug-likeness (QED) is 0.196. The van der Waals surface area contributed by atoms with E-state index in [1.807, 2.05) is 0 Å². The van der Waals surface area contributed by atoms with Crippen molar-refractivity contribution in [2.24, 2.45) is 16.5 Å². The van der Waals surface area contributed by atoms with E-state index in [1.54, 1.807) is 12.1 Å². The van der Waals surface area contributed by atoms with Crippen LogP contribution in [0.3, 0.4) is 0 Å². The summed E-state index contributed by atoms with van der Waals surface area (Å²) < 4.78 is 5.25. The van der Waals surface area contributed by atoms with E-state index in [4.69, 9.17) is 16.2 Å². The first-order chi connectivity index (χ1) is 8.54. The van der Waals surface area contributed by atoms with Gasteiger partial charge in [-0.3, -0.25) is 10.1 Å². The Morgan fingerprint density at radius 2 is 2.28 bits per heavy atom. The van der Waals surface area contributed by atoms with Crippen LogP contribution in [-0.2, 0) is 11.3 Å². The molecule has 0 heterocycles. The summed E-state index contributed by atoms with van der Waals surface area (Å²) in [7, 11) is 0. The van der Waals surface area contributed by atoms with Crippen LogP contribution in [0.2, 0.25) is 0 Å². The molecule has 0 spiro atoms. The van der Waals surface area contributed by atoms with Crippen LogP contribution in [0.1, 0.15) is 5.56 Å². The highest BCUT2D eigenvalue weighted by atomic mass is 16.6. The second kappa shape index (κ2) is 6.36. The zero-order valence-corrected chi connectivity index (χ0v) is 9.70. The summed E-state index contributed by atoms with van der Waals surface area (Å²) in [5.74, 6) is -0.166. The highest BCUT2D eigenvalue weighted by molar-refractivity contribution is 5.79. The molecule has 96 valence electrons.